The van der Waals surface area contributed by atoms with Crippen LogP contribution in [0.5, 0.6) is 0 Å². The van der Waals surface area contributed by atoms with E-state index in [0.717, 1.165) is 24.8 Å². The number of pyridine rings is 1. The molecule has 0 spiro atoms. The Bertz CT molecular complexity index is 798. The van der Waals surface area contributed by atoms with E-state index in [-0.39, 0.29) is 17.5 Å². The van der Waals surface area contributed by atoms with Crippen LogP contribution in [0.1, 0.15) is 47.5 Å². The zero-order valence-electron chi connectivity index (χ0n) is 13.9. The van der Waals surface area contributed by atoms with Crippen LogP contribution in [0.2, 0.25) is 0 Å². The topological polar surface area (TPSA) is 96.5 Å². The molecule has 3 heterocycles. The van der Waals surface area contributed by atoms with Crippen molar-refractivity contribution in [2.75, 3.05) is 13.1 Å². The number of carboxylic acids is 1. The molecule has 1 aliphatic rings. The van der Waals surface area contributed by atoms with Gasteiger partial charge in [0.25, 0.3) is 0 Å². The van der Waals surface area contributed by atoms with Gasteiger partial charge in [-0.3, -0.25) is 9.78 Å². The van der Waals surface area contributed by atoms with Crippen LogP contribution in [0.3, 0.4) is 0 Å². The van der Waals surface area contributed by atoms with Crippen molar-refractivity contribution in [1.82, 2.24) is 14.9 Å². The summed E-state index contributed by atoms with van der Waals surface area (Å²) in [4.78, 5) is 33.4. The molecule has 130 valence electrons. The minimum Gasteiger partial charge on any atom is -0.476 e. The minimum absolute atomic E-state index is 0.0575. The first-order valence-electron chi connectivity index (χ1n) is 8.10. The highest BCUT2D eigenvalue weighted by molar-refractivity contribution is 5.97. The number of carbonyl (C=O) groups is 2. The number of carbonyl (C=O) groups excluding carboxylic acids is 1. The lowest BCUT2D eigenvalue weighted by Crippen LogP contribution is -2.39. The monoisotopic (exact) mass is 341 g/mol. The van der Waals surface area contributed by atoms with Crippen LogP contribution < -0.4 is 0 Å². The highest BCUT2D eigenvalue weighted by Crippen LogP contribution is 2.29. The molecule has 0 bridgehead atoms. The summed E-state index contributed by atoms with van der Waals surface area (Å²) in [6.07, 6.45) is 7.89. The van der Waals surface area contributed by atoms with E-state index in [0.29, 0.717) is 24.4 Å². The van der Waals surface area contributed by atoms with Crippen LogP contribution in [-0.2, 0) is 4.79 Å². The normalized spacial score (nSPS) is 18.2. The average molecular weight is 341 g/mol. The summed E-state index contributed by atoms with van der Waals surface area (Å²) >= 11 is 0. The van der Waals surface area contributed by atoms with Gasteiger partial charge in [0.15, 0.2) is 12.1 Å². The van der Waals surface area contributed by atoms with Gasteiger partial charge in [0.1, 0.15) is 5.76 Å². The summed E-state index contributed by atoms with van der Waals surface area (Å²) in [5.41, 5.74) is 1.48. The molecule has 7 heteroatoms. The van der Waals surface area contributed by atoms with E-state index in [9.17, 15) is 14.7 Å². The minimum atomic E-state index is -1.11. The smallest absolute Gasteiger partial charge is 0.358 e. The maximum Gasteiger partial charge on any atom is 0.358 e. The van der Waals surface area contributed by atoms with Gasteiger partial charge < -0.3 is 14.4 Å². The lowest BCUT2D eigenvalue weighted by atomic mass is 9.93. The van der Waals surface area contributed by atoms with Crippen LogP contribution >= 0.6 is 0 Å². The van der Waals surface area contributed by atoms with Crippen molar-refractivity contribution >= 4 is 18.0 Å². The summed E-state index contributed by atoms with van der Waals surface area (Å²) in [5, 5.41) is 9.20. The molecule has 1 aliphatic heterocycles. The zero-order valence-corrected chi connectivity index (χ0v) is 13.9. The number of piperidine rings is 1. The predicted octanol–water partition coefficient (Wildman–Crippen LogP) is 2.58. The van der Waals surface area contributed by atoms with Crippen LogP contribution in [0.15, 0.2) is 40.9 Å². The van der Waals surface area contributed by atoms with Gasteiger partial charge >= 0.3 is 5.97 Å². The van der Waals surface area contributed by atoms with Gasteiger partial charge in [-0.05, 0) is 43.5 Å². The van der Waals surface area contributed by atoms with Gasteiger partial charge in [-0.1, -0.05) is 0 Å². The Kier molecular flexibility index (Phi) is 4.92. The molecule has 1 N–H and O–H groups in total. The van der Waals surface area contributed by atoms with Crippen molar-refractivity contribution in [3.05, 3.63) is 53.5 Å². The zero-order chi connectivity index (χ0) is 17.8. The Morgan fingerprint density at radius 2 is 2.12 bits per heavy atom. The van der Waals surface area contributed by atoms with E-state index in [2.05, 4.69) is 9.97 Å². The molecular weight excluding hydrogens is 322 g/mol. The standard InChI is InChI=1S/C18H19N3O4/c1-12(9-13-4-6-19-7-5-13)17(22)21-8-2-3-14(10-21)16-15(18(23)24)20-11-25-16/h4-7,9,11,14H,2-3,8,10H2,1H3,(H,23,24)/b12-9+. The van der Waals surface area contributed by atoms with E-state index in [1.165, 1.54) is 0 Å². The maximum atomic E-state index is 12.7. The number of hydrogen-bond donors (Lipinski definition) is 1. The largest absolute Gasteiger partial charge is 0.476 e. The summed E-state index contributed by atoms with van der Waals surface area (Å²) in [6.45, 7) is 2.85. The fourth-order valence-electron chi connectivity index (χ4n) is 3.10. The molecule has 2 aromatic rings. The second-order valence-electron chi connectivity index (χ2n) is 6.07. The first-order chi connectivity index (χ1) is 12.1. The SMILES string of the molecule is C/C(=C\c1ccncc1)C(=O)N1CCCC(c2ocnc2C(=O)O)C1. The lowest BCUT2D eigenvalue weighted by Gasteiger charge is -2.32. The molecule has 0 aromatic carbocycles. The third-order valence-electron chi connectivity index (χ3n) is 4.30. The molecule has 1 saturated heterocycles. The highest BCUT2D eigenvalue weighted by Gasteiger charge is 2.31. The van der Waals surface area contributed by atoms with Gasteiger partial charge in [-0.2, -0.15) is 0 Å². The molecule has 0 saturated carbocycles. The average Bonchev–Trinajstić information content (AvgIpc) is 3.12. The van der Waals surface area contributed by atoms with Gasteiger partial charge in [0, 0.05) is 37.0 Å². The molecule has 3 rings (SSSR count). The molecule has 25 heavy (non-hydrogen) atoms. The van der Waals surface area contributed by atoms with E-state index in [4.69, 9.17) is 4.42 Å². The second kappa shape index (κ2) is 7.29. The Labute approximate surface area is 145 Å². The van der Waals surface area contributed by atoms with Gasteiger partial charge in [-0.25, -0.2) is 9.78 Å². The van der Waals surface area contributed by atoms with Crippen LogP contribution in [-0.4, -0.2) is 44.9 Å². The van der Waals surface area contributed by atoms with Crippen molar-refractivity contribution in [3.63, 3.8) is 0 Å². The van der Waals surface area contributed by atoms with Crippen molar-refractivity contribution in [2.45, 2.75) is 25.7 Å². The molecule has 2 aromatic heterocycles. The molecule has 1 fully saturated rings. The number of rotatable bonds is 4. The van der Waals surface area contributed by atoms with Crippen molar-refractivity contribution in [3.8, 4) is 0 Å². The maximum absolute atomic E-state index is 12.7. The first kappa shape index (κ1) is 16.9. The summed E-state index contributed by atoms with van der Waals surface area (Å²) in [6, 6.07) is 3.67. The first-order valence-corrected chi connectivity index (χ1v) is 8.10. The van der Waals surface area contributed by atoms with Crippen molar-refractivity contribution in [1.29, 1.82) is 0 Å². The Morgan fingerprint density at radius 1 is 1.36 bits per heavy atom. The van der Waals surface area contributed by atoms with E-state index < -0.39 is 5.97 Å². The number of nitrogens with zero attached hydrogens (tertiary/aromatic N) is 3. The number of carboxylic acid groups (broad SMARTS) is 1. The third-order valence-corrected chi connectivity index (χ3v) is 4.30. The highest BCUT2D eigenvalue weighted by atomic mass is 16.4. The van der Waals surface area contributed by atoms with Gasteiger partial charge in [0.05, 0.1) is 0 Å². The molecule has 1 unspecified atom stereocenters. The van der Waals surface area contributed by atoms with E-state index >= 15 is 0 Å². The Balaban J connectivity index is 1.74. The number of hydrogen-bond acceptors (Lipinski definition) is 5. The number of amides is 1. The Morgan fingerprint density at radius 3 is 2.84 bits per heavy atom. The van der Waals surface area contributed by atoms with E-state index in [1.54, 1.807) is 24.2 Å². The van der Waals surface area contributed by atoms with Gasteiger partial charge in [0.2, 0.25) is 5.91 Å². The van der Waals surface area contributed by atoms with Gasteiger partial charge in [-0.15, -0.1) is 0 Å². The van der Waals surface area contributed by atoms with Crippen LogP contribution in [0.4, 0.5) is 0 Å². The summed E-state index contributed by atoms with van der Waals surface area (Å²) in [7, 11) is 0. The molecule has 7 nitrogen and oxygen atoms in total. The summed E-state index contributed by atoms with van der Waals surface area (Å²) in [5.74, 6) is -0.973. The third kappa shape index (κ3) is 3.76. The molecule has 0 radical (unpaired) electrons. The number of likely N-dealkylation sites (tertiary alicyclic amines) is 1. The number of aromatic carboxylic acids is 1. The van der Waals surface area contributed by atoms with Crippen LogP contribution in [0, 0.1) is 0 Å². The molecular formula is C18H19N3O4. The van der Waals surface area contributed by atoms with Crippen LogP contribution in [0.25, 0.3) is 6.08 Å². The fraction of sp³-hybridized carbons (Fsp3) is 0.333. The quantitative estimate of drug-likeness (QED) is 0.859. The van der Waals surface area contributed by atoms with Crippen molar-refractivity contribution in [2.24, 2.45) is 0 Å². The number of oxazole rings is 1. The second-order valence-corrected chi connectivity index (χ2v) is 6.07. The molecule has 1 amide bonds. The Hall–Kier alpha value is -2.96. The van der Waals surface area contributed by atoms with E-state index in [1.807, 2.05) is 18.2 Å². The van der Waals surface area contributed by atoms with Crippen molar-refractivity contribution < 1.29 is 19.1 Å². The fourth-order valence-corrected chi connectivity index (χ4v) is 3.10. The lowest BCUT2D eigenvalue weighted by molar-refractivity contribution is -0.128. The molecule has 1 atom stereocenters. The summed E-state index contributed by atoms with van der Waals surface area (Å²) < 4.78 is 5.30. The molecule has 0 aliphatic carbocycles. The predicted molar refractivity (Wildman–Crippen MR) is 89.9 cm³/mol. The number of aromatic nitrogens is 2.